The van der Waals surface area contributed by atoms with Crippen molar-refractivity contribution < 1.29 is 4.74 Å². The van der Waals surface area contributed by atoms with Gasteiger partial charge in [-0.3, -0.25) is 0 Å². The van der Waals surface area contributed by atoms with E-state index in [0.717, 1.165) is 30.1 Å². The Morgan fingerprint density at radius 2 is 2.07 bits per heavy atom. The van der Waals surface area contributed by atoms with E-state index < -0.39 is 0 Å². The van der Waals surface area contributed by atoms with Gasteiger partial charge in [-0.2, -0.15) is 0 Å². The van der Waals surface area contributed by atoms with Crippen molar-refractivity contribution >= 4 is 11.4 Å². The Morgan fingerprint density at radius 1 is 1.36 bits per heavy atom. The maximum Gasteiger partial charge on any atom is 0.122 e. The van der Waals surface area contributed by atoms with Gasteiger partial charge in [0.1, 0.15) is 5.75 Å². The van der Waals surface area contributed by atoms with Gasteiger partial charge >= 0.3 is 0 Å². The molecular formula is C11H18N2O. The fourth-order valence-corrected chi connectivity index (χ4v) is 1.41. The van der Waals surface area contributed by atoms with Crippen LogP contribution in [0.3, 0.4) is 0 Å². The molecule has 0 radical (unpaired) electrons. The van der Waals surface area contributed by atoms with Gasteiger partial charge in [-0.1, -0.05) is 6.92 Å². The number of benzene rings is 1. The van der Waals surface area contributed by atoms with Crippen LogP contribution in [0.2, 0.25) is 0 Å². The third-order valence-corrected chi connectivity index (χ3v) is 2.15. The van der Waals surface area contributed by atoms with Crippen LogP contribution in [-0.2, 0) is 0 Å². The molecule has 0 unspecified atom stereocenters. The largest absolute Gasteiger partial charge is 0.497 e. The van der Waals surface area contributed by atoms with Crippen molar-refractivity contribution in [2.45, 2.75) is 13.3 Å². The highest BCUT2D eigenvalue weighted by molar-refractivity contribution is 5.60. The smallest absolute Gasteiger partial charge is 0.122 e. The number of rotatable bonds is 4. The van der Waals surface area contributed by atoms with E-state index in [1.54, 1.807) is 7.11 Å². The Kier molecular flexibility index (Phi) is 3.63. The third kappa shape index (κ3) is 2.55. The molecule has 0 bridgehead atoms. The van der Waals surface area contributed by atoms with Crippen molar-refractivity contribution in [3.05, 3.63) is 18.2 Å². The zero-order valence-corrected chi connectivity index (χ0v) is 9.08. The topological polar surface area (TPSA) is 38.5 Å². The molecule has 0 heterocycles. The maximum absolute atomic E-state index is 5.76. The summed E-state index contributed by atoms with van der Waals surface area (Å²) in [6.45, 7) is 3.17. The van der Waals surface area contributed by atoms with Crippen LogP contribution in [0, 0.1) is 0 Å². The first-order valence-electron chi connectivity index (χ1n) is 4.83. The second-order valence-corrected chi connectivity index (χ2v) is 3.39. The fourth-order valence-electron chi connectivity index (χ4n) is 1.41. The Bertz CT molecular complexity index is 299. The number of anilines is 2. The van der Waals surface area contributed by atoms with Gasteiger partial charge in [0.05, 0.1) is 7.11 Å². The summed E-state index contributed by atoms with van der Waals surface area (Å²) < 4.78 is 5.16. The first-order chi connectivity index (χ1) is 6.67. The van der Waals surface area contributed by atoms with Crippen molar-refractivity contribution in [3.8, 4) is 5.75 Å². The van der Waals surface area contributed by atoms with Crippen LogP contribution in [0.1, 0.15) is 13.3 Å². The number of nitrogens with two attached hydrogens (primary N) is 1. The summed E-state index contributed by atoms with van der Waals surface area (Å²) in [6, 6.07) is 5.77. The molecule has 3 nitrogen and oxygen atoms in total. The van der Waals surface area contributed by atoms with Crippen LogP contribution in [0.5, 0.6) is 5.75 Å². The monoisotopic (exact) mass is 194 g/mol. The van der Waals surface area contributed by atoms with Crippen molar-refractivity contribution in [2.24, 2.45) is 0 Å². The highest BCUT2D eigenvalue weighted by Gasteiger charge is 2.02. The summed E-state index contributed by atoms with van der Waals surface area (Å²) in [5, 5.41) is 0. The molecule has 1 rings (SSSR count). The Hall–Kier alpha value is -1.38. The maximum atomic E-state index is 5.76. The highest BCUT2D eigenvalue weighted by Crippen LogP contribution is 2.24. The lowest BCUT2D eigenvalue weighted by atomic mass is 10.2. The number of ether oxygens (including phenoxy) is 1. The van der Waals surface area contributed by atoms with E-state index in [0.29, 0.717) is 0 Å². The zero-order valence-electron chi connectivity index (χ0n) is 9.08. The molecule has 1 aromatic rings. The lowest BCUT2D eigenvalue weighted by molar-refractivity contribution is 0.415. The van der Waals surface area contributed by atoms with Gasteiger partial charge in [-0.15, -0.1) is 0 Å². The second kappa shape index (κ2) is 4.74. The van der Waals surface area contributed by atoms with E-state index in [1.807, 2.05) is 18.2 Å². The molecule has 0 aliphatic heterocycles. The summed E-state index contributed by atoms with van der Waals surface area (Å²) in [6.07, 6.45) is 1.12. The normalized spacial score (nSPS) is 9.93. The van der Waals surface area contributed by atoms with Gasteiger partial charge in [0.2, 0.25) is 0 Å². The lowest BCUT2D eigenvalue weighted by Gasteiger charge is -2.19. The molecule has 0 saturated carbocycles. The van der Waals surface area contributed by atoms with Crippen LogP contribution in [0.15, 0.2) is 18.2 Å². The molecule has 3 heteroatoms. The van der Waals surface area contributed by atoms with Crippen molar-refractivity contribution in [1.29, 1.82) is 0 Å². The van der Waals surface area contributed by atoms with E-state index in [2.05, 4.69) is 18.9 Å². The number of hydrogen-bond donors (Lipinski definition) is 1. The second-order valence-electron chi connectivity index (χ2n) is 3.39. The molecule has 0 spiro atoms. The zero-order chi connectivity index (χ0) is 10.6. The molecule has 0 aliphatic rings. The van der Waals surface area contributed by atoms with Gasteiger partial charge in [0.25, 0.3) is 0 Å². The van der Waals surface area contributed by atoms with Gasteiger partial charge in [0.15, 0.2) is 0 Å². The molecule has 2 N–H and O–H groups in total. The minimum Gasteiger partial charge on any atom is -0.497 e. The number of methoxy groups -OCH3 is 1. The van der Waals surface area contributed by atoms with Crippen LogP contribution >= 0.6 is 0 Å². The van der Waals surface area contributed by atoms with Gasteiger partial charge in [-0.25, -0.2) is 0 Å². The molecule has 1 aromatic carbocycles. The molecule has 0 saturated heterocycles. The third-order valence-electron chi connectivity index (χ3n) is 2.15. The van der Waals surface area contributed by atoms with Crippen LogP contribution in [0.4, 0.5) is 11.4 Å². The molecule has 0 fully saturated rings. The summed E-state index contributed by atoms with van der Waals surface area (Å²) >= 11 is 0. The SMILES string of the molecule is CCCN(C)c1cc(N)cc(OC)c1. The Labute approximate surface area is 85.5 Å². The number of nitrogen functional groups attached to an aromatic ring is 1. The van der Waals surface area contributed by atoms with E-state index in [1.165, 1.54) is 0 Å². The highest BCUT2D eigenvalue weighted by atomic mass is 16.5. The summed E-state index contributed by atoms with van der Waals surface area (Å²) in [5.41, 5.74) is 7.60. The van der Waals surface area contributed by atoms with E-state index in [9.17, 15) is 0 Å². The standard InChI is InChI=1S/C11H18N2O/c1-4-5-13(2)10-6-9(12)7-11(8-10)14-3/h6-8H,4-5,12H2,1-3H3. The molecule has 0 aliphatic carbocycles. The number of nitrogens with zero attached hydrogens (tertiary/aromatic N) is 1. The minimum absolute atomic E-state index is 0.738. The molecule has 14 heavy (non-hydrogen) atoms. The molecule has 78 valence electrons. The van der Waals surface area contributed by atoms with Gasteiger partial charge in [0, 0.05) is 37.1 Å². The molecular weight excluding hydrogens is 176 g/mol. The molecule has 0 atom stereocenters. The van der Waals surface area contributed by atoms with Crippen LogP contribution in [0.25, 0.3) is 0 Å². The quantitative estimate of drug-likeness (QED) is 0.746. The molecule has 0 amide bonds. The number of hydrogen-bond acceptors (Lipinski definition) is 3. The predicted molar refractivity (Wildman–Crippen MR) is 61.0 cm³/mol. The van der Waals surface area contributed by atoms with Crippen LogP contribution < -0.4 is 15.4 Å². The predicted octanol–water partition coefficient (Wildman–Crippen LogP) is 2.12. The summed E-state index contributed by atoms with van der Waals surface area (Å²) in [5.74, 6) is 0.808. The molecule has 0 aromatic heterocycles. The van der Waals surface area contributed by atoms with Gasteiger partial charge < -0.3 is 15.4 Å². The van der Waals surface area contributed by atoms with E-state index in [-0.39, 0.29) is 0 Å². The first-order valence-corrected chi connectivity index (χ1v) is 4.83. The van der Waals surface area contributed by atoms with Gasteiger partial charge in [-0.05, 0) is 12.5 Å². The van der Waals surface area contributed by atoms with Crippen molar-refractivity contribution in [3.63, 3.8) is 0 Å². The first kappa shape index (κ1) is 10.7. The van der Waals surface area contributed by atoms with Crippen molar-refractivity contribution in [2.75, 3.05) is 31.3 Å². The van der Waals surface area contributed by atoms with E-state index >= 15 is 0 Å². The Morgan fingerprint density at radius 3 is 2.64 bits per heavy atom. The van der Waals surface area contributed by atoms with Crippen LogP contribution in [-0.4, -0.2) is 20.7 Å². The Balaban J connectivity index is 2.90. The fraction of sp³-hybridized carbons (Fsp3) is 0.455. The average Bonchev–Trinajstić information content (AvgIpc) is 2.17. The summed E-state index contributed by atoms with van der Waals surface area (Å²) in [4.78, 5) is 2.17. The lowest BCUT2D eigenvalue weighted by Crippen LogP contribution is -2.17. The summed E-state index contributed by atoms with van der Waals surface area (Å²) in [7, 11) is 3.70. The van der Waals surface area contributed by atoms with E-state index in [4.69, 9.17) is 10.5 Å². The minimum atomic E-state index is 0.738. The van der Waals surface area contributed by atoms with Crippen molar-refractivity contribution in [1.82, 2.24) is 0 Å². The average molecular weight is 194 g/mol.